The molecular weight excluding hydrogens is 314 g/mol. The smallest absolute Gasteiger partial charge is 0.254 e. The highest BCUT2D eigenvalue weighted by atomic mass is 79.9. The Balaban J connectivity index is 2.21. The van der Waals surface area contributed by atoms with E-state index in [9.17, 15) is 4.79 Å². The van der Waals surface area contributed by atoms with Gasteiger partial charge in [0.05, 0.1) is 5.02 Å². The van der Waals surface area contributed by atoms with Crippen molar-refractivity contribution in [2.24, 2.45) is 0 Å². The number of nitrogens with zero attached hydrogens (tertiary/aromatic N) is 1. The molecule has 18 heavy (non-hydrogen) atoms. The first-order chi connectivity index (χ1) is 8.63. The SMILES string of the molecule is CCC1CCCCN1C(=O)c1ccc(Br)c(Cl)c1. The largest absolute Gasteiger partial charge is 0.336 e. The van der Waals surface area contributed by atoms with Crippen LogP contribution in [0.1, 0.15) is 43.0 Å². The third-order valence-electron chi connectivity index (χ3n) is 3.53. The number of benzene rings is 1. The molecule has 1 amide bonds. The van der Waals surface area contributed by atoms with Gasteiger partial charge in [-0.15, -0.1) is 0 Å². The molecule has 1 unspecified atom stereocenters. The fourth-order valence-electron chi connectivity index (χ4n) is 2.49. The highest BCUT2D eigenvalue weighted by Gasteiger charge is 2.26. The number of amides is 1. The third-order valence-corrected chi connectivity index (χ3v) is 4.76. The van der Waals surface area contributed by atoms with Crippen molar-refractivity contribution in [1.29, 1.82) is 0 Å². The molecule has 0 aliphatic carbocycles. The maximum absolute atomic E-state index is 12.5. The number of piperidine rings is 1. The molecule has 2 nitrogen and oxygen atoms in total. The summed E-state index contributed by atoms with van der Waals surface area (Å²) >= 11 is 9.39. The highest BCUT2D eigenvalue weighted by Crippen LogP contribution is 2.26. The van der Waals surface area contributed by atoms with E-state index in [1.165, 1.54) is 6.42 Å². The van der Waals surface area contributed by atoms with Gasteiger partial charge in [0.15, 0.2) is 0 Å². The molecule has 0 bridgehead atoms. The number of carbonyl (C=O) groups excluding carboxylic acids is 1. The van der Waals surface area contributed by atoms with Crippen molar-refractivity contribution < 1.29 is 4.79 Å². The molecule has 0 aromatic heterocycles. The summed E-state index contributed by atoms with van der Waals surface area (Å²) in [6.07, 6.45) is 4.47. The quantitative estimate of drug-likeness (QED) is 0.781. The van der Waals surface area contributed by atoms with Gasteiger partial charge < -0.3 is 4.90 Å². The van der Waals surface area contributed by atoms with Crippen LogP contribution in [0.4, 0.5) is 0 Å². The van der Waals surface area contributed by atoms with E-state index in [1.807, 2.05) is 17.0 Å². The number of hydrogen-bond donors (Lipinski definition) is 0. The van der Waals surface area contributed by atoms with Crippen LogP contribution in [0.2, 0.25) is 5.02 Å². The molecule has 1 aromatic rings. The molecule has 1 atom stereocenters. The minimum absolute atomic E-state index is 0.107. The lowest BCUT2D eigenvalue weighted by Crippen LogP contribution is -2.43. The van der Waals surface area contributed by atoms with Crippen LogP contribution in [0.25, 0.3) is 0 Å². The predicted molar refractivity (Wildman–Crippen MR) is 78.1 cm³/mol. The lowest BCUT2D eigenvalue weighted by Gasteiger charge is -2.35. The lowest BCUT2D eigenvalue weighted by atomic mass is 9.99. The number of halogens is 2. The minimum Gasteiger partial charge on any atom is -0.336 e. The molecule has 1 aromatic carbocycles. The van der Waals surface area contributed by atoms with E-state index in [-0.39, 0.29) is 5.91 Å². The van der Waals surface area contributed by atoms with Crippen LogP contribution < -0.4 is 0 Å². The first-order valence-corrected chi connectivity index (χ1v) is 7.56. The molecule has 0 radical (unpaired) electrons. The van der Waals surface area contributed by atoms with E-state index in [0.717, 1.165) is 30.3 Å². The van der Waals surface area contributed by atoms with Gasteiger partial charge in [0, 0.05) is 22.6 Å². The van der Waals surface area contributed by atoms with Crippen molar-refractivity contribution in [2.45, 2.75) is 38.6 Å². The van der Waals surface area contributed by atoms with Gasteiger partial charge in [0.1, 0.15) is 0 Å². The molecular formula is C14H17BrClNO. The van der Waals surface area contributed by atoms with Gasteiger partial charge in [-0.2, -0.15) is 0 Å². The van der Waals surface area contributed by atoms with Crippen LogP contribution in [0, 0.1) is 0 Å². The summed E-state index contributed by atoms with van der Waals surface area (Å²) in [5, 5.41) is 0.589. The first kappa shape index (κ1) is 13.9. The molecule has 0 N–H and O–H groups in total. The van der Waals surface area contributed by atoms with E-state index in [2.05, 4.69) is 22.9 Å². The summed E-state index contributed by atoms with van der Waals surface area (Å²) in [4.78, 5) is 14.5. The molecule has 1 heterocycles. The maximum atomic E-state index is 12.5. The van der Waals surface area contributed by atoms with E-state index in [0.29, 0.717) is 16.6 Å². The summed E-state index contributed by atoms with van der Waals surface area (Å²) in [5.74, 6) is 0.107. The van der Waals surface area contributed by atoms with Crippen LogP contribution in [0.3, 0.4) is 0 Å². The average molecular weight is 331 g/mol. The van der Waals surface area contributed by atoms with Crippen molar-refractivity contribution in [3.63, 3.8) is 0 Å². The van der Waals surface area contributed by atoms with Gasteiger partial charge in [0.25, 0.3) is 5.91 Å². The average Bonchev–Trinajstić information content (AvgIpc) is 2.41. The Morgan fingerprint density at radius 1 is 1.50 bits per heavy atom. The summed E-state index contributed by atoms with van der Waals surface area (Å²) in [5.41, 5.74) is 0.684. The second kappa shape index (κ2) is 6.07. The summed E-state index contributed by atoms with van der Waals surface area (Å²) in [7, 11) is 0. The molecule has 1 aliphatic heterocycles. The number of likely N-dealkylation sites (tertiary alicyclic amines) is 1. The number of hydrogen-bond acceptors (Lipinski definition) is 1. The fourth-order valence-corrected chi connectivity index (χ4v) is 2.91. The first-order valence-electron chi connectivity index (χ1n) is 6.39. The molecule has 1 fully saturated rings. The Morgan fingerprint density at radius 3 is 2.94 bits per heavy atom. The molecule has 4 heteroatoms. The van der Waals surface area contributed by atoms with Crippen molar-refractivity contribution in [3.05, 3.63) is 33.3 Å². The Labute approximate surface area is 121 Å². The zero-order valence-electron chi connectivity index (χ0n) is 10.5. The van der Waals surface area contributed by atoms with Crippen LogP contribution in [-0.4, -0.2) is 23.4 Å². The highest BCUT2D eigenvalue weighted by molar-refractivity contribution is 9.10. The van der Waals surface area contributed by atoms with Gasteiger partial charge in [-0.05, 0) is 59.8 Å². The van der Waals surface area contributed by atoms with Crippen LogP contribution >= 0.6 is 27.5 Å². The Bertz CT molecular complexity index is 449. The maximum Gasteiger partial charge on any atom is 0.254 e. The monoisotopic (exact) mass is 329 g/mol. The van der Waals surface area contributed by atoms with Crippen LogP contribution in [-0.2, 0) is 0 Å². The fraction of sp³-hybridized carbons (Fsp3) is 0.500. The Hall–Kier alpha value is -0.540. The van der Waals surface area contributed by atoms with Crippen molar-refractivity contribution in [3.8, 4) is 0 Å². The third kappa shape index (κ3) is 2.89. The zero-order valence-corrected chi connectivity index (χ0v) is 12.8. The molecule has 0 saturated carbocycles. The molecule has 98 valence electrons. The van der Waals surface area contributed by atoms with Gasteiger partial charge in [-0.3, -0.25) is 4.79 Å². The second-order valence-electron chi connectivity index (χ2n) is 4.69. The van der Waals surface area contributed by atoms with E-state index in [4.69, 9.17) is 11.6 Å². The van der Waals surface area contributed by atoms with Crippen LogP contribution in [0.15, 0.2) is 22.7 Å². The summed E-state index contributed by atoms with van der Waals surface area (Å²) in [6.45, 7) is 3.01. The van der Waals surface area contributed by atoms with Crippen LogP contribution in [0.5, 0.6) is 0 Å². The van der Waals surface area contributed by atoms with Crippen molar-refractivity contribution >= 4 is 33.4 Å². The standard InChI is InChI=1S/C14H17BrClNO/c1-2-11-5-3-4-8-17(11)14(18)10-6-7-12(15)13(16)9-10/h6-7,9,11H,2-5,8H2,1H3. The van der Waals surface area contributed by atoms with Gasteiger partial charge in [-0.1, -0.05) is 18.5 Å². The summed E-state index contributed by atoms with van der Waals surface area (Å²) in [6, 6.07) is 5.80. The lowest BCUT2D eigenvalue weighted by molar-refractivity contribution is 0.0608. The number of carbonyl (C=O) groups is 1. The van der Waals surface area contributed by atoms with Gasteiger partial charge in [-0.25, -0.2) is 0 Å². The normalized spacial score (nSPS) is 19.9. The molecule has 1 aliphatic rings. The molecule has 0 spiro atoms. The van der Waals surface area contributed by atoms with Gasteiger partial charge >= 0.3 is 0 Å². The van der Waals surface area contributed by atoms with E-state index < -0.39 is 0 Å². The predicted octanol–water partition coefficient (Wildman–Crippen LogP) is 4.51. The van der Waals surface area contributed by atoms with Crippen molar-refractivity contribution in [2.75, 3.05) is 6.54 Å². The Morgan fingerprint density at radius 2 is 2.28 bits per heavy atom. The second-order valence-corrected chi connectivity index (χ2v) is 5.95. The summed E-state index contributed by atoms with van der Waals surface area (Å²) < 4.78 is 0.825. The molecule has 2 rings (SSSR count). The van der Waals surface area contributed by atoms with E-state index >= 15 is 0 Å². The molecule has 1 saturated heterocycles. The topological polar surface area (TPSA) is 20.3 Å². The van der Waals surface area contributed by atoms with Gasteiger partial charge in [0.2, 0.25) is 0 Å². The number of rotatable bonds is 2. The van der Waals surface area contributed by atoms with Crippen molar-refractivity contribution in [1.82, 2.24) is 4.90 Å². The Kier molecular flexibility index (Phi) is 4.68. The van der Waals surface area contributed by atoms with E-state index in [1.54, 1.807) is 6.07 Å². The minimum atomic E-state index is 0.107. The zero-order chi connectivity index (χ0) is 13.1.